The number of nitro benzene ring substituents is 1. The maximum Gasteiger partial charge on any atom is 0.305 e. The Morgan fingerprint density at radius 1 is 1.43 bits per heavy atom. The maximum atomic E-state index is 13.5. The highest BCUT2D eigenvalue weighted by molar-refractivity contribution is 5.40. The van der Waals surface area contributed by atoms with Gasteiger partial charge in [0.15, 0.2) is 0 Å². The second kappa shape index (κ2) is 6.60. The van der Waals surface area contributed by atoms with Gasteiger partial charge in [-0.25, -0.2) is 0 Å². The molecule has 0 aliphatic carbocycles. The average molecular weight is 292 g/mol. The van der Waals surface area contributed by atoms with Gasteiger partial charge in [-0.2, -0.15) is 9.37 Å². The minimum atomic E-state index is -0.967. The summed E-state index contributed by atoms with van der Waals surface area (Å²) < 4.78 is 18.8. The van der Waals surface area contributed by atoms with Gasteiger partial charge in [0.2, 0.25) is 11.7 Å². The van der Waals surface area contributed by atoms with E-state index in [-0.39, 0.29) is 11.6 Å². The minimum absolute atomic E-state index is 0.111. The second-order valence-corrected chi connectivity index (χ2v) is 4.14. The lowest BCUT2D eigenvalue weighted by molar-refractivity contribution is -0.387. The highest BCUT2D eigenvalue weighted by Crippen LogP contribution is 2.25. The molecule has 0 saturated heterocycles. The van der Waals surface area contributed by atoms with Crippen LogP contribution in [0.25, 0.3) is 0 Å². The van der Waals surface area contributed by atoms with Crippen molar-refractivity contribution in [3.05, 3.63) is 46.5 Å². The van der Waals surface area contributed by atoms with E-state index in [0.29, 0.717) is 5.82 Å². The number of rotatable bonds is 6. The zero-order valence-electron chi connectivity index (χ0n) is 11.2. The summed E-state index contributed by atoms with van der Waals surface area (Å²) in [5, 5.41) is 13.6. The maximum absolute atomic E-state index is 13.5. The van der Waals surface area contributed by atoms with Crippen molar-refractivity contribution < 1.29 is 14.1 Å². The molecule has 1 aromatic carbocycles. The number of anilines is 1. The van der Waals surface area contributed by atoms with Crippen LogP contribution in [-0.2, 0) is 0 Å². The van der Waals surface area contributed by atoms with Gasteiger partial charge < -0.3 is 10.1 Å². The summed E-state index contributed by atoms with van der Waals surface area (Å²) >= 11 is 0. The van der Waals surface area contributed by atoms with E-state index in [0.717, 1.165) is 25.1 Å². The molecule has 0 aliphatic heterocycles. The van der Waals surface area contributed by atoms with Crippen molar-refractivity contribution in [2.75, 3.05) is 11.9 Å². The van der Waals surface area contributed by atoms with Crippen molar-refractivity contribution >= 4 is 11.5 Å². The molecule has 0 spiro atoms. The largest absolute Gasteiger partial charge is 0.437 e. The third-order valence-electron chi connectivity index (χ3n) is 2.51. The van der Waals surface area contributed by atoms with Gasteiger partial charge in [-0.1, -0.05) is 6.92 Å². The van der Waals surface area contributed by atoms with Gasteiger partial charge in [0.05, 0.1) is 17.3 Å². The van der Waals surface area contributed by atoms with Crippen LogP contribution < -0.4 is 10.1 Å². The van der Waals surface area contributed by atoms with E-state index in [1.165, 1.54) is 12.3 Å². The van der Waals surface area contributed by atoms with Gasteiger partial charge in [-0.3, -0.25) is 15.1 Å². The Hall–Kier alpha value is -2.77. The molecule has 8 heteroatoms. The molecule has 0 fully saturated rings. The first-order valence-electron chi connectivity index (χ1n) is 6.28. The topological polar surface area (TPSA) is 90.2 Å². The van der Waals surface area contributed by atoms with Gasteiger partial charge in [0.25, 0.3) is 0 Å². The van der Waals surface area contributed by atoms with E-state index >= 15 is 0 Å². The fraction of sp³-hybridized carbons (Fsp3) is 0.231. The molecule has 0 bridgehead atoms. The van der Waals surface area contributed by atoms with Crippen LogP contribution in [0.4, 0.5) is 15.9 Å². The van der Waals surface area contributed by atoms with Crippen LogP contribution in [0.5, 0.6) is 11.6 Å². The molecule has 110 valence electrons. The number of hydrogen-bond donors (Lipinski definition) is 1. The van der Waals surface area contributed by atoms with Crippen molar-refractivity contribution in [1.82, 2.24) is 9.97 Å². The first kappa shape index (κ1) is 14.6. The van der Waals surface area contributed by atoms with E-state index in [1.54, 1.807) is 6.20 Å². The zero-order chi connectivity index (χ0) is 15.2. The van der Waals surface area contributed by atoms with Crippen LogP contribution in [0.3, 0.4) is 0 Å². The van der Waals surface area contributed by atoms with Crippen molar-refractivity contribution in [3.8, 4) is 11.6 Å². The van der Waals surface area contributed by atoms with Gasteiger partial charge >= 0.3 is 5.69 Å². The van der Waals surface area contributed by atoms with Crippen molar-refractivity contribution in [1.29, 1.82) is 0 Å². The summed E-state index contributed by atoms with van der Waals surface area (Å²) in [6.07, 6.45) is 3.84. The lowest BCUT2D eigenvalue weighted by atomic mass is 10.3. The summed E-state index contributed by atoms with van der Waals surface area (Å²) in [6.45, 7) is 2.75. The minimum Gasteiger partial charge on any atom is -0.437 e. The van der Waals surface area contributed by atoms with Crippen molar-refractivity contribution in [2.24, 2.45) is 0 Å². The summed E-state index contributed by atoms with van der Waals surface area (Å²) in [4.78, 5) is 17.8. The fourth-order valence-electron chi connectivity index (χ4n) is 1.56. The van der Waals surface area contributed by atoms with Gasteiger partial charge in [0.1, 0.15) is 11.6 Å². The third-order valence-corrected chi connectivity index (χ3v) is 2.51. The quantitative estimate of drug-likeness (QED) is 0.649. The number of nitrogens with one attached hydrogen (secondary N) is 1. The molecular formula is C13H13FN4O3. The highest BCUT2D eigenvalue weighted by atomic mass is 19.1. The SMILES string of the molecule is CCCNc1cncc(Oc2ccc([N+](=O)[O-])c(F)c2)n1. The fourth-order valence-corrected chi connectivity index (χ4v) is 1.56. The standard InChI is InChI=1S/C13H13FN4O3/c1-2-5-16-12-7-15-8-13(17-12)21-9-3-4-11(18(19)20)10(14)6-9/h3-4,6-8H,2,5H2,1H3,(H,16,17). The summed E-state index contributed by atoms with van der Waals surface area (Å²) in [7, 11) is 0. The molecule has 0 saturated carbocycles. The molecule has 0 atom stereocenters. The predicted octanol–water partition coefficient (Wildman–Crippen LogP) is 3.14. The number of benzene rings is 1. The molecule has 0 radical (unpaired) electrons. The van der Waals surface area contributed by atoms with Crippen LogP contribution in [-0.4, -0.2) is 21.4 Å². The molecule has 1 heterocycles. The van der Waals surface area contributed by atoms with Gasteiger partial charge in [-0.15, -0.1) is 0 Å². The number of nitrogens with zero attached hydrogens (tertiary/aromatic N) is 3. The smallest absolute Gasteiger partial charge is 0.305 e. The first-order valence-corrected chi connectivity index (χ1v) is 6.28. The average Bonchev–Trinajstić information content (AvgIpc) is 2.45. The number of halogens is 1. The molecule has 1 aromatic heterocycles. The second-order valence-electron chi connectivity index (χ2n) is 4.14. The monoisotopic (exact) mass is 292 g/mol. The number of nitro groups is 1. The van der Waals surface area contributed by atoms with Crippen LogP contribution in [0.15, 0.2) is 30.6 Å². The van der Waals surface area contributed by atoms with Crippen LogP contribution in [0.2, 0.25) is 0 Å². The number of ether oxygens (including phenoxy) is 1. The Labute approximate surface area is 120 Å². The van der Waals surface area contributed by atoms with E-state index < -0.39 is 16.4 Å². The molecule has 2 rings (SSSR count). The molecule has 0 amide bonds. The molecule has 0 aliphatic rings. The Balaban J connectivity index is 2.14. The normalized spacial score (nSPS) is 10.2. The Morgan fingerprint density at radius 2 is 2.24 bits per heavy atom. The number of hydrogen-bond acceptors (Lipinski definition) is 6. The van der Waals surface area contributed by atoms with Crippen LogP contribution in [0, 0.1) is 15.9 Å². The molecule has 21 heavy (non-hydrogen) atoms. The van der Waals surface area contributed by atoms with Crippen molar-refractivity contribution in [3.63, 3.8) is 0 Å². The third kappa shape index (κ3) is 3.85. The Kier molecular flexibility index (Phi) is 4.60. The molecule has 7 nitrogen and oxygen atoms in total. The van der Waals surface area contributed by atoms with E-state index in [4.69, 9.17) is 4.74 Å². The van der Waals surface area contributed by atoms with E-state index in [1.807, 2.05) is 6.92 Å². The lowest BCUT2D eigenvalue weighted by Gasteiger charge is -2.07. The summed E-state index contributed by atoms with van der Waals surface area (Å²) in [5.74, 6) is -0.146. The van der Waals surface area contributed by atoms with Crippen LogP contribution >= 0.6 is 0 Å². The predicted molar refractivity (Wildman–Crippen MR) is 73.9 cm³/mol. The Bertz CT molecular complexity index is 651. The summed E-state index contributed by atoms with van der Waals surface area (Å²) in [6, 6.07) is 3.28. The highest BCUT2D eigenvalue weighted by Gasteiger charge is 2.14. The number of aromatic nitrogens is 2. The first-order chi connectivity index (χ1) is 10.1. The van der Waals surface area contributed by atoms with Crippen LogP contribution in [0.1, 0.15) is 13.3 Å². The molecule has 1 N–H and O–H groups in total. The summed E-state index contributed by atoms with van der Waals surface area (Å²) in [5.41, 5.74) is -0.605. The molecule has 2 aromatic rings. The van der Waals surface area contributed by atoms with E-state index in [9.17, 15) is 14.5 Å². The van der Waals surface area contributed by atoms with E-state index in [2.05, 4.69) is 15.3 Å². The Morgan fingerprint density at radius 3 is 2.90 bits per heavy atom. The lowest BCUT2D eigenvalue weighted by Crippen LogP contribution is -2.03. The molecule has 0 unspecified atom stereocenters. The molecular weight excluding hydrogens is 279 g/mol. The van der Waals surface area contributed by atoms with Gasteiger partial charge in [-0.05, 0) is 12.5 Å². The zero-order valence-corrected chi connectivity index (χ0v) is 11.2. The van der Waals surface area contributed by atoms with Crippen molar-refractivity contribution in [2.45, 2.75) is 13.3 Å². The van der Waals surface area contributed by atoms with Gasteiger partial charge in [0, 0.05) is 18.7 Å².